The highest BCUT2D eigenvalue weighted by Gasteiger charge is 2.55. The van der Waals surface area contributed by atoms with Gasteiger partial charge in [-0.25, -0.2) is 0 Å². The Morgan fingerprint density at radius 1 is 1.28 bits per heavy atom. The van der Waals surface area contributed by atoms with E-state index in [9.17, 15) is 9.59 Å². The van der Waals surface area contributed by atoms with E-state index in [4.69, 9.17) is 9.51 Å². The second-order valence-electron chi connectivity index (χ2n) is 9.24. The number of carbonyl (C=O) groups is 2. The fraction of sp³-hybridized carbons (Fsp3) is 0.545. The fourth-order valence-corrected chi connectivity index (χ4v) is 4.49. The van der Waals surface area contributed by atoms with Crippen LogP contribution in [0.4, 0.5) is 0 Å². The van der Waals surface area contributed by atoms with Crippen molar-refractivity contribution < 1.29 is 14.1 Å². The molecule has 1 aromatic heterocycles. The van der Waals surface area contributed by atoms with Crippen molar-refractivity contribution in [2.45, 2.75) is 45.4 Å². The van der Waals surface area contributed by atoms with Crippen molar-refractivity contribution in [2.24, 2.45) is 11.3 Å². The Labute approximate surface area is 170 Å². The molecular weight excluding hydrogens is 368 g/mol. The molecule has 2 aliphatic rings. The molecule has 29 heavy (non-hydrogen) atoms. The Kier molecular flexibility index (Phi) is 4.92. The van der Waals surface area contributed by atoms with Gasteiger partial charge in [0.05, 0.1) is 12.0 Å². The summed E-state index contributed by atoms with van der Waals surface area (Å²) in [5.41, 5.74) is 0.133. The molecule has 0 bridgehead atoms. The van der Waals surface area contributed by atoms with E-state index in [0.717, 1.165) is 24.8 Å². The number of fused-ring (bicyclic) bond motifs is 1. The monoisotopic (exact) mass is 396 g/mol. The second-order valence-corrected chi connectivity index (χ2v) is 9.24. The molecule has 1 aliphatic carbocycles. The number of benzene rings is 1. The van der Waals surface area contributed by atoms with E-state index < -0.39 is 5.41 Å². The van der Waals surface area contributed by atoms with Crippen LogP contribution in [0.3, 0.4) is 0 Å². The van der Waals surface area contributed by atoms with Crippen molar-refractivity contribution in [2.75, 3.05) is 19.6 Å². The fourth-order valence-electron chi connectivity index (χ4n) is 4.49. The molecule has 1 aromatic carbocycles. The largest absolute Gasteiger partial charge is 0.347 e. The van der Waals surface area contributed by atoms with Gasteiger partial charge in [0.2, 0.25) is 23.5 Å². The summed E-state index contributed by atoms with van der Waals surface area (Å²) in [5, 5.41) is 6.96. The molecule has 1 saturated carbocycles. The third-order valence-electron chi connectivity index (χ3n) is 6.19. The van der Waals surface area contributed by atoms with Crippen molar-refractivity contribution in [1.29, 1.82) is 0 Å². The van der Waals surface area contributed by atoms with Gasteiger partial charge in [-0.05, 0) is 18.8 Å². The van der Waals surface area contributed by atoms with Gasteiger partial charge in [-0.2, -0.15) is 4.98 Å². The van der Waals surface area contributed by atoms with Crippen LogP contribution in [-0.2, 0) is 15.0 Å². The molecule has 7 nitrogen and oxygen atoms in total. The number of rotatable bonds is 4. The van der Waals surface area contributed by atoms with E-state index in [1.165, 1.54) is 0 Å². The van der Waals surface area contributed by atoms with Gasteiger partial charge < -0.3 is 14.7 Å². The van der Waals surface area contributed by atoms with Crippen molar-refractivity contribution in [3.8, 4) is 11.4 Å². The van der Waals surface area contributed by atoms with Crippen LogP contribution < -0.4 is 5.32 Å². The molecule has 1 N–H and O–H groups in total. The first kappa shape index (κ1) is 19.6. The van der Waals surface area contributed by atoms with Crippen LogP contribution in [0.1, 0.15) is 45.9 Å². The summed E-state index contributed by atoms with van der Waals surface area (Å²) in [4.78, 5) is 31.4. The maximum absolute atomic E-state index is 12.8. The molecule has 0 radical (unpaired) electrons. The summed E-state index contributed by atoms with van der Waals surface area (Å²) >= 11 is 0. The van der Waals surface area contributed by atoms with Crippen molar-refractivity contribution in [1.82, 2.24) is 20.4 Å². The van der Waals surface area contributed by atoms with Crippen molar-refractivity contribution in [3.63, 3.8) is 0 Å². The van der Waals surface area contributed by atoms with Gasteiger partial charge in [0.1, 0.15) is 0 Å². The number of likely N-dealkylation sites (tertiary alicyclic amines) is 1. The van der Waals surface area contributed by atoms with Gasteiger partial charge in [0.25, 0.3) is 0 Å². The number of nitrogens with zero attached hydrogens (tertiary/aromatic N) is 3. The van der Waals surface area contributed by atoms with E-state index in [2.05, 4.69) is 10.5 Å². The maximum atomic E-state index is 12.8. The minimum Gasteiger partial charge on any atom is -0.347 e. The SMILES string of the molecule is CC(C)(C)C(=O)NCC(=O)N1C[C@H]2CCC[C@@]2(c2nc(-c3ccccc3)no2)C1. The van der Waals surface area contributed by atoms with E-state index in [-0.39, 0.29) is 23.8 Å². The lowest BCUT2D eigenvalue weighted by Gasteiger charge is -2.24. The molecule has 2 heterocycles. The topological polar surface area (TPSA) is 88.3 Å². The summed E-state index contributed by atoms with van der Waals surface area (Å²) < 4.78 is 5.71. The van der Waals surface area contributed by atoms with Gasteiger partial charge in [-0.1, -0.05) is 62.7 Å². The Balaban J connectivity index is 1.49. The van der Waals surface area contributed by atoms with Gasteiger partial charge in [-0.3, -0.25) is 9.59 Å². The van der Waals surface area contributed by atoms with E-state index >= 15 is 0 Å². The van der Waals surface area contributed by atoms with Crippen molar-refractivity contribution >= 4 is 11.8 Å². The van der Waals surface area contributed by atoms with Gasteiger partial charge >= 0.3 is 0 Å². The van der Waals surface area contributed by atoms with Crippen LogP contribution in [0.2, 0.25) is 0 Å². The maximum Gasteiger partial charge on any atom is 0.242 e. The Bertz CT molecular complexity index is 902. The van der Waals surface area contributed by atoms with E-state index in [0.29, 0.717) is 30.7 Å². The third kappa shape index (κ3) is 3.66. The predicted molar refractivity (Wildman–Crippen MR) is 108 cm³/mol. The predicted octanol–water partition coefficient (Wildman–Crippen LogP) is 2.78. The third-order valence-corrected chi connectivity index (χ3v) is 6.19. The molecule has 2 atom stereocenters. The molecule has 7 heteroatoms. The lowest BCUT2D eigenvalue weighted by molar-refractivity contribution is -0.134. The Hall–Kier alpha value is -2.70. The molecule has 154 valence electrons. The number of hydrogen-bond acceptors (Lipinski definition) is 5. The summed E-state index contributed by atoms with van der Waals surface area (Å²) in [7, 11) is 0. The summed E-state index contributed by atoms with van der Waals surface area (Å²) in [6, 6.07) is 9.77. The zero-order chi connectivity index (χ0) is 20.6. The molecule has 0 spiro atoms. The standard InChI is InChI=1S/C22H28N4O3/c1-21(2,3)19(28)23-12-17(27)26-13-16-10-7-11-22(16,14-26)20-24-18(25-29-20)15-8-5-4-6-9-15/h4-6,8-9,16H,7,10-14H2,1-3H3,(H,23,28)/t16-,22-/m1/s1. The van der Waals surface area contributed by atoms with Crippen LogP contribution in [0.15, 0.2) is 34.9 Å². The zero-order valence-corrected chi connectivity index (χ0v) is 17.3. The molecule has 4 rings (SSSR count). The molecule has 1 saturated heterocycles. The lowest BCUT2D eigenvalue weighted by Crippen LogP contribution is -2.43. The summed E-state index contributed by atoms with van der Waals surface area (Å²) in [5.74, 6) is 1.35. The highest BCUT2D eigenvalue weighted by atomic mass is 16.5. The van der Waals surface area contributed by atoms with Crippen LogP contribution in [-0.4, -0.2) is 46.5 Å². The number of amides is 2. The van der Waals surface area contributed by atoms with Crippen LogP contribution >= 0.6 is 0 Å². The van der Waals surface area contributed by atoms with Crippen LogP contribution in [0.5, 0.6) is 0 Å². The first-order chi connectivity index (χ1) is 13.8. The number of hydrogen-bond donors (Lipinski definition) is 1. The first-order valence-electron chi connectivity index (χ1n) is 10.3. The first-order valence-corrected chi connectivity index (χ1v) is 10.3. The van der Waals surface area contributed by atoms with Gasteiger partial charge in [0, 0.05) is 24.1 Å². The normalized spacial score (nSPS) is 23.8. The van der Waals surface area contributed by atoms with Crippen LogP contribution in [0, 0.1) is 11.3 Å². The Morgan fingerprint density at radius 2 is 2.03 bits per heavy atom. The molecule has 2 fully saturated rings. The average Bonchev–Trinajstić information content (AvgIpc) is 3.39. The van der Waals surface area contributed by atoms with Gasteiger partial charge in [-0.15, -0.1) is 0 Å². The van der Waals surface area contributed by atoms with Gasteiger partial charge in [0.15, 0.2) is 0 Å². The highest BCUT2D eigenvalue weighted by molar-refractivity contribution is 5.87. The molecule has 1 aliphatic heterocycles. The molecule has 2 aromatic rings. The number of carbonyl (C=O) groups excluding carboxylic acids is 2. The second kappa shape index (κ2) is 7.28. The van der Waals surface area contributed by atoms with E-state index in [1.807, 2.05) is 56.0 Å². The van der Waals surface area contributed by atoms with E-state index in [1.54, 1.807) is 0 Å². The van der Waals surface area contributed by atoms with Crippen molar-refractivity contribution in [3.05, 3.63) is 36.2 Å². The Morgan fingerprint density at radius 3 is 2.76 bits per heavy atom. The number of aromatic nitrogens is 2. The molecule has 2 amide bonds. The minimum atomic E-state index is -0.513. The average molecular weight is 396 g/mol. The number of nitrogens with one attached hydrogen (secondary N) is 1. The molecular formula is C22H28N4O3. The summed E-state index contributed by atoms with van der Waals surface area (Å²) in [6.45, 7) is 6.77. The minimum absolute atomic E-state index is 0.0258. The van der Waals surface area contributed by atoms with Crippen LogP contribution in [0.25, 0.3) is 11.4 Å². The lowest BCUT2D eigenvalue weighted by atomic mass is 9.80. The smallest absolute Gasteiger partial charge is 0.242 e. The quantitative estimate of drug-likeness (QED) is 0.858. The molecule has 0 unspecified atom stereocenters. The summed E-state index contributed by atoms with van der Waals surface area (Å²) in [6.07, 6.45) is 3.07. The zero-order valence-electron chi connectivity index (χ0n) is 17.3. The highest BCUT2D eigenvalue weighted by Crippen LogP contribution is 2.50.